The number of thioether (sulfide) groups is 1. The number of para-hydroxylation sites is 1. The fourth-order valence-corrected chi connectivity index (χ4v) is 5.35. The van der Waals surface area contributed by atoms with E-state index in [2.05, 4.69) is 57.8 Å². The van der Waals surface area contributed by atoms with Crippen LogP contribution in [0.4, 0.5) is 16.2 Å². The van der Waals surface area contributed by atoms with Gasteiger partial charge in [-0.2, -0.15) is 0 Å². The highest BCUT2D eigenvalue weighted by Crippen LogP contribution is 2.36. The number of nitrogens with zero attached hydrogens (tertiary/aromatic N) is 2. The van der Waals surface area contributed by atoms with Crippen molar-refractivity contribution in [3.05, 3.63) is 54.6 Å². The number of urea groups is 1. The summed E-state index contributed by atoms with van der Waals surface area (Å²) >= 11 is 1.68. The van der Waals surface area contributed by atoms with Gasteiger partial charge in [0, 0.05) is 49.0 Å². The first-order valence-corrected chi connectivity index (χ1v) is 12.0. The summed E-state index contributed by atoms with van der Waals surface area (Å²) in [6, 6.07) is 18.9. The van der Waals surface area contributed by atoms with E-state index >= 15 is 0 Å². The van der Waals surface area contributed by atoms with Gasteiger partial charge in [0.1, 0.15) is 0 Å². The highest BCUT2D eigenvalue weighted by molar-refractivity contribution is 7.98. The number of amides is 2. The van der Waals surface area contributed by atoms with Gasteiger partial charge in [0.15, 0.2) is 0 Å². The summed E-state index contributed by atoms with van der Waals surface area (Å²) in [5, 5.41) is 6.06. The molecule has 5 rings (SSSR count). The second kappa shape index (κ2) is 9.75. The van der Waals surface area contributed by atoms with E-state index in [4.69, 9.17) is 0 Å². The van der Waals surface area contributed by atoms with Gasteiger partial charge in [-0.15, -0.1) is 11.8 Å². The molecule has 2 amide bonds. The Bertz CT molecular complexity index is 846. The van der Waals surface area contributed by atoms with E-state index in [1.165, 1.54) is 18.5 Å². The molecule has 160 valence electrons. The van der Waals surface area contributed by atoms with E-state index in [0.29, 0.717) is 18.5 Å². The Balaban J connectivity index is 1.26. The minimum absolute atomic E-state index is 0.115. The highest BCUT2D eigenvalue weighted by Gasteiger charge is 2.40. The zero-order valence-electron chi connectivity index (χ0n) is 17.9. The number of hydrogen-bond donors (Lipinski definition) is 2. The van der Waals surface area contributed by atoms with Crippen LogP contribution in [0.1, 0.15) is 12.8 Å². The lowest BCUT2D eigenvalue weighted by Gasteiger charge is -2.50. The summed E-state index contributed by atoms with van der Waals surface area (Å²) in [6.07, 6.45) is 4.49. The van der Waals surface area contributed by atoms with E-state index in [9.17, 15) is 4.79 Å². The molecule has 0 radical (unpaired) electrons. The number of anilines is 2. The molecule has 2 aromatic carbocycles. The van der Waals surface area contributed by atoms with Crippen LogP contribution in [0.2, 0.25) is 0 Å². The molecule has 0 aliphatic carbocycles. The lowest BCUT2D eigenvalue weighted by molar-refractivity contribution is 0.00612. The second-order valence-corrected chi connectivity index (χ2v) is 9.36. The smallest absolute Gasteiger partial charge is 0.319 e. The number of fused-ring (bicyclic) bond motifs is 3. The van der Waals surface area contributed by atoms with Crippen LogP contribution in [-0.4, -0.2) is 56.5 Å². The van der Waals surface area contributed by atoms with Crippen molar-refractivity contribution in [2.24, 2.45) is 11.8 Å². The van der Waals surface area contributed by atoms with Gasteiger partial charge >= 0.3 is 6.03 Å². The Morgan fingerprint density at radius 1 is 1.20 bits per heavy atom. The van der Waals surface area contributed by atoms with Crippen molar-refractivity contribution < 1.29 is 4.79 Å². The maximum Gasteiger partial charge on any atom is 0.319 e. The molecule has 5 nitrogen and oxygen atoms in total. The van der Waals surface area contributed by atoms with E-state index in [0.717, 1.165) is 36.1 Å². The molecule has 0 spiro atoms. The fraction of sp³-hybridized carbons (Fsp3) is 0.458. The average Bonchev–Trinajstić information content (AvgIpc) is 2.79. The van der Waals surface area contributed by atoms with Crippen LogP contribution in [0.15, 0.2) is 59.5 Å². The predicted molar refractivity (Wildman–Crippen MR) is 127 cm³/mol. The molecule has 2 bridgehead atoms. The molecule has 3 saturated heterocycles. The van der Waals surface area contributed by atoms with Crippen molar-refractivity contribution in [1.82, 2.24) is 10.2 Å². The third kappa shape index (κ3) is 5.10. The zero-order chi connectivity index (χ0) is 20.9. The van der Waals surface area contributed by atoms with Gasteiger partial charge in [0.2, 0.25) is 0 Å². The maximum absolute atomic E-state index is 12.4. The molecule has 6 heteroatoms. The van der Waals surface area contributed by atoms with E-state index < -0.39 is 0 Å². The average molecular weight is 425 g/mol. The monoisotopic (exact) mass is 424 g/mol. The Labute approximate surface area is 184 Å². The van der Waals surface area contributed by atoms with Gasteiger partial charge in [-0.05, 0) is 67.8 Å². The molecule has 3 fully saturated rings. The van der Waals surface area contributed by atoms with Crippen LogP contribution >= 0.6 is 11.8 Å². The summed E-state index contributed by atoms with van der Waals surface area (Å²) < 4.78 is 0. The molecular weight excluding hydrogens is 392 g/mol. The summed E-state index contributed by atoms with van der Waals surface area (Å²) in [7, 11) is 2.20. The molecule has 4 unspecified atom stereocenters. The highest BCUT2D eigenvalue weighted by atomic mass is 32.2. The van der Waals surface area contributed by atoms with E-state index in [-0.39, 0.29) is 6.03 Å². The van der Waals surface area contributed by atoms with E-state index in [1.807, 2.05) is 30.5 Å². The number of benzene rings is 2. The van der Waals surface area contributed by atoms with Gasteiger partial charge in [-0.25, -0.2) is 4.79 Å². The third-order valence-corrected chi connectivity index (χ3v) is 7.27. The van der Waals surface area contributed by atoms with Gasteiger partial charge in [-0.3, -0.25) is 4.90 Å². The van der Waals surface area contributed by atoms with Gasteiger partial charge < -0.3 is 15.5 Å². The first-order valence-electron chi connectivity index (χ1n) is 10.8. The number of piperidine rings is 3. The number of nitrogens with one attached hydrogen (secondary N) is 2. The van der Waals surface area contributed by atoms with Crippen LogP contribution in [0.5, 0.6) is 0 Å². The lowest BCUT2D eigenvalue weighted by atomic mass is 9.75. The quantitative estimate of drug-likeness (QED) is 0.648. The SMILES string of the molecule is CSc1cccc(NC(=O)NCC2CC3CCN2CC3CN(C)c2ccccc2)c1. The standard InChI is InChI=1S/C24H32N4OS/c1-27(21-8-4-3-5-9-21)16-19-17-28-12-11-18(19)13-22(28)15-25-24(29)26-20-7-6-10-23(14-20)30-2/h3-10,14,18-19,22H,11-13,15-17H2,1-2H3,(H2,25,26,29). The van der Waals surface area contributed by atoms with Crippen LogP contribution in [-0.2, 0) is 0 Å². The van der Waals surface area contributed by atoms with E-state index in [1.54, 1.807) is 11.8 Å². The minimum Gasteiger partial charge on any atom is -0.374 e. The summed E-state index contributed by atoms with van der Waals surface area (Å²) in [6.45, 7) is 4.09. The normalized spacial score (nSPS) is 25.0. The van der Waals surface area contributed by atoms with Gasteiger partial charge in [0.05, 0.1) is 0 Å². The Hall–Kier alpha value is -2.18. The molecular formula is C24H32N4OS. The molecule has 2 N–H and O–H groups in total. The molecule has 0 aromatic heterocycles. The molecule has 4 atom stereocenters. The first-order chi connectivity index (χ1) is 14.6. The Kier molecular flexibility index (Phi) is 6.85. The molecule has 3 aliphatic rings. The summed E-state index contributed by atoms with van der Waals surface area (Å²) in [4.78, 5) is 18.5. The van der Waals surface area contributed by atoms with Crippen LogP contribution < -0.4 is 15.5 Å². The van der Waals surface area contributed by atoms with Crippen molar-refractivity contribution in [3.8, 4) is 0 Å². The van der Waals surface area contributed by atoms with Crippen molar-refractivity contribution in [3.63, 3.8) is 0 Å². The maximum atomic E-state index is 12.4. The fourth-order valence-electron chi connectivity index (χ4n) is 4.89. The molecule has 3 aliphatic heterocycles. The van der Waals surface area contributed by atoms with Gasteiger partial charge in [-0.1, -0.05) is 24.3 Å². The van der Waals surface area contributed by atoms with Gasteiger partial charge in [0.25, 0.3) is 0 Å². The second-order valence-electron chi connectivity index (χ2n) is 8.48. The lowest BCUT2D eigenvalue weighted by Crippen LogP contribution is -2.58. The Morgan fingerprint density at radius 2 is 2.03 bits per heavy atom. The van der Waals surface area contributed by atoms with Crippen molar-refractivity contribution in [2.45, 2.75) is 23.8 Å². The van der Waals surface area contributed by atoms with Crippen molar-refractivity contribution in [2.75, 3.05) is 49.7 Å². The predicted octanol–water partition coefficient (Wildman–Crippen LogP) is 4.38. The number of hydrogen-bond acceptors (Lipinski definition) is 4. The van der Waals surface area contributed by atoms with Crippen LogP contribution in [0, 0.1) is 11.8 Å². The number of carbonyl (C=O) groups is 1. The molecule has 30 heavy (non-hydrogen) atoms. The van der Waals surface area contributed by atoms with Crippen molar-refractivity contribution >= 4 is 29.2 Å². The Morgan fingerprint density at radius 3 is 2.77 bits per heavy atom. The summed E-state index contributed by atoms with van der Waals surface area (Å²) in [5.41, 5.74) is 2.13. The third-order valence-electron chi connectivity index (χ3n) is 6.55. The largest absolute Gasteiger partial charge is 0.374 e. The molecule has 0 saturated carbocycles. The number of carbonyl (C=O) groups excluding carboxylic acids is 1. The van der Waals surface area contributed by atoms with Crippen LogP contribution in [0.3, 0.4) is 0 Å². The first kappa shape index (κ1) is 21.1. The topological polar surface area (TPSA) is 47.6 Å². The zero-order valence-corrected chi connectivity index (χ0v) is 18.7. The van der Waals surface area contributed by atoms with Crippen LogP contribution in [0.25, 0.3) is 0 Å². The minimum atomic E-state index is -0.115. The summed E-state index contributed by atoms with van der Waals surface area (Å²) in [5.74, 6) is 1.44. The molecule has 2 aromatic rings. The van der Waals surface area contributed by atoms with Crippen molar-refractivity contribution in [1.29, 1.82) is 0 Å². The number of rotatable bonds is 7. The molecule has 3 heterocycles.